The summed E-state index contributed by atoms with van der Waals surface area (Å²) in [6.07, 6.45) is 2.51. The molecule has 0 fully saturated rings. The van der Waals surface area contributed by atoms with Crippen molar-refractivity contribution >= 4 is 46.4 Å². The summed E-state index contributed by atoms with van der Waals surface area (Å²) in [5.41, 5.74) is 4.21. The van der Waals surface area contributed by atoms with Crippen molar-refractivity contribution in [3.63, 3.8) is 0 Å². The molecule has 0 saturated carbocycles. The molecular weight excluding hydrogens is 492 g/mol. The number of nitrogens with zero attached hydrogens (tertiary/aromatic N) is 1. The van der Waals surface area contributed by atoms with E-state index < -0.39 is 42.0 Å². The number of carbonyl (C=O) groups is 4. The van der Waals surface area contributed by atoms with Gasteiger partial charge in [-0.15, -0.1) is 0 Å². The van der Waals surface area contributed by atoms with Gasteiger partial charge in [-0.1, -0.05) is 36.4 Å². The van der Waals surface area contributed by atoms with Crippen molar-refractivity contribution in [1.82, 2.24) is 20.5 Å². The van der Waals surface area contributed by atoms with E-state index in [9.17, 15) is 24.3 Å². The third kappa shape index (κ3) is 4.35. The maximum Gasteiger partial charge on any atom is 0.325 e. The summed E-state index contributed by atoms with van der Waals surface area (Å²) < 4.78 is 0. The molecule has 5 rings (SSSR count). The molecule has 0 radical (unpaired) electrons. The fourth-order valence-corrected chi connectivity index (χ4v) is 5.76. The predicted octanol–water partition coefficient (Wildman–Crippen LogP) is 2.46. The summed E-state index contributed by atoms with van der Waals surface area (Å²) in [5, 5.41) is 15.5. The average molecular weight is 521 g/mol. The highest BCUT2D eigenvalue weighted by Gasteiger charge is 2.49. The van der Waals surface area contributed by atoms with E-state index in [2.05, 4.69) is 15.6 Å². The first kappa shape index (κ1) is 24.9. The van der Waals surface area contributed by atoms with Gasteiger partial charge in [-0.2, -0.15) is 11.8 Å². The van der Waals surface area contributed by atoms with Crippen LogP contribution in [0.25, 0.3) is 10.9 Å². The second kappa shape index (κ2) is 9.93. The van der Waals surface area contributed by atoms with E-state index in [4.69, 9.17) is 0 Å². The summed E-state index contributed by atoms with van der Waals surface area (Å²) in [6.45, 7) is 1.37. The normalized spacial score (nSPS) is 19.5. The number of carboxylic acid groups (broad SMARTS) is 1. The first-order chi connectivity index (χ1) is 17.8. The van der Waals surface area contributed by atoms with E-state index >= 15 is 0 Å². The van der Waals surface area contributed by atoms with Gasteiger partial charge in [-0.25, -0.2) is 0 Å². The molecule has 0 unspecified atom stereocenters. The predicted molar refractivity (Wildman–Crippen MR) is 140 cm³/mol. The Kier molecular flexibility index (Phi) is 6.68. The number of fused-ring (bicyclic) bond motifs is 7. The number of rotatable bonds is 8. The van der Waals surface area contributed by atoms with Crippen molar-refractivity contribution in [3.05, 3.63) is 70.9 Å². The molecule has 4 N–H and O–H groups in total. The lowest BCUT2D eigenvalue weighted by molar-refractivity contribution is -0.141. The van der Waals surface area contributed by atoms with Gasteiger partial charge >= 0.3 is 5.97 Å². The van der Waals surface area contributed by atoms with E-state index in [1.165, 1.54) is 18.7 Å². The van der Waals surface area contributed by atoms with Crippen molar-refractivity contribution in [2.24, 2.45) is 0 Å². The highest BCUT2D eigenvalue weighted by atomic mass is 32.2. The number of benzene rings is 2. The lowest BCUT2D eigenvalue weighted by Crippen LogP contribution is -2.57. The summed E-state index contributed by atoms with van der Waals surface area (Å²) in [7, 11) is 0. The Hall–Kier alpha value is -3.79. The number of hydrogen-bond donors (Lipinski definition) is 4. The number of nitrogens with one attached hydrogen (secondary N) is 3. The van der Waals surface area contributed by atoms with Crippen LogP contribution in [0.3, 0.4) is 0 Å². The maximum atomic E-state index is 13.8. The number of thioether (sulfide) groups is 1. The van der Waals surface area contributed by atoms with Crippen molar-refractivity contribution < 1.29 is 24.3 Å². The highest BCUT2D eigenvalue weighted by Crippen LogP contribution is 2.46. The molecule has 0 spiro atoms. The third-order valence-corrected chi connectivity index (χ3v) is 7.77. The van der Waals surface area contributed by atoms with Crippen LogP contribution in [0.5, 0.6) is 0 Å². The topological polar surface area (TPSA) is 132 Å². The smallest absolute Gasteiger partial charge is 0.325 e. The molecule has 9 nitrogen and oxygen atoms in total. The molecule has 37 heavy (non-hydrogen) atoms. The fraction of sp³-hybridized carbons (Fsp3) is 0.333. The Labute approximate surface area is 218 Å². The Morgan fingerprint density at radius 3 is 2.62 bits per heavy atom. The molecule has 0 saturated heterocycles. The molecule has 2 aromatic carbocycles. The molecule has 3 heterocycles. The van der Waals surface area contributed by atoms with Crippen LogP contribution >= 0.6 is 11.8 Å². The summed E-state index contributed by atoms with van der Waals surface area (Å²) in [6, 6.07) is 11.9. The van der Waals surface area contributed by atoms with Gasteiger partial charge in [0.05, 0.1) is 6.04 Å². The van der Waals surface area contributed by atoms with Crippen LogP contribution in [0.15, 0.2) is 48.5 Å². The minimum Gasteiger partial charge on any atom is -0.480 e. The van der Waals surface area contributed by atoms with E-state index in [1.807, 2.05) is 48.7 Å². The molecule has 4 atom stereocenters. The first-order valence-electron chi connectivity index (χ1n) is 12.1. The molecule has 2 aliphatic rings. The maximum absolute atomic E-state index is 13.8. The monoisotopic (exact) mass is 520 g/mol. The number of para-hydroxylation sites is 1. The number of amides is 3. The lowest BCUT2D eigenvalue weighted by Gasteiger charge is -2.37. The van der Waals surface area contributed by atoms with Crippen LogP contribution < -0.4 is 10.6 Å². The van der Waals surface area contributed by atoms with Gasteiger partial charge < -0.3 is 25.6 Å². The largest absolute Gasteiger partial charge is 0.480 e. The third-order valence-electron chi connectivity index (χ3n) is 7.13. The number of carboxylic acids is 1. The van der Waals surface area contributed by atoms with E-state index in [-0.39, 0.29) is 5.91 Å². The summed E-state index contributed by atoms with van der Waals surface area (Å²) in [4.78, 5) is 56.6. The van der Waals surface area contributed by atoms with E-state index in [1.54, 1.807) is 11.0 Å². The second-order valence-electron chi connectivity index (χ2n) is 9.40. The standard InChI is InChI=1S/C27H28N4O5S/c1-14(27(35)36)28-24(32)20(11-12-37-2)30-25(33)21-13-18-15-7-5-6-10-19(15)29-22(18)23-16-8-3-4-9-17(16)26(34)31(21)23/h3-10,14,20-21,23,29H,11-13H2,1-2H3,(H,28,32)(H,30,33)(H,35,36)/t14-,20+,21+,23+/m1/s1. The minimum atomic E-state index is -1.16. The lowest BCUT2D eigenvalue weighted by atomic mass is 9.89. The van der Waals surface area contributed by atoms with Crippen molar-refractivity contribution in [2.75, 3.05) is 12.0 Å². The zero-order chi connectivity index (χ0) is 26.3. The molecule has 0 bridgehead atoms. The van der Waals surface area contributed by atoms with Crippen LogP contribution in [-0.4, -0.2) is 68.8 Å². The number of H-pyrrole nitrogens is 1. The van der Waals surface area contributed by atoms with Gasteiger partial charge in [0, 0.05) is 28.6 Å². The van der Waals surface area contributed by atoms with Gasteiger partial charge in [0.1, 0.15) is 18.1 Å². The molecule has 192 valence electrons. The van der Waals surface area contributed by atoms with Crippen molar-refractivity contribution in [3.8, 4) is 0 Å². The van der Waals surface area contributed by atoms with Crippen LogP contribution in [0.4, 0.5) is 0 Å². The summed E-state index contributed by atoms with van der Waals surface area (Å²) >= 11 is 1.52. The Balaban J connectivity index is 1.50. The van der Waals surface area contributed by atoms with Crippen LogP contribution in [-0.2, 0) is 20.8 Å². The zero-order valence-corrected chi connectivity index (χ0v) is 21.3. The number of aliphatic carboxylic acids is 1. The van der Waals surface area contributed by atoms with Gasteiger partial charge in [0.25, 0.3) is 5.91 Å². The Bertz CT molecular complexity index is 1400. The zero-order valence-electron chi connectivity index (χ0n) is 20.5. The SMILES string of the molecule is CSCC[C@H](NC(=O)[C@@H]1Cc2c([nH]c3ccccc23)[C@@H]2c3ccccc3C(=O)N21)C(=O)N[C@H](C)C(=O)O. The Morgan fingerprint density at radius 2 is 1.86 bits per heavy atom. The van der Waals surface area contributed by atoms with E-state index in [0.29, 0.717) is 24.2 Å². The minimum absolute atomic E-state index is 0.227. The van der Waals surface area contributed by atoms with Gasteiger partial charge in [-0.05, 0) is 48.6 Å². The molecule has 2 aliphatic heterocycles. The Morgan fingerprint density at radius 1 is 1.14 bits per heavy atom. The number of hydrogen-bond acceptors (Lipinski definition) is 5. The fourth-order valence-electron chi connectivity index (χ4n) is 5.29. The molecular formula is C27H28N4O5S. The van der Waals surface area contributed by atoms with Gasteiger partial charge in [0.2, 0.25) is 11.8 Å². The number of aromatic nitrogens is 1. The molecule has 1 aromatic heterocycles. The molecule has 10 heteroatoms. The number of carbonyl (C=O) groups excluding carboxylic acids is 3. The van der Waals surface area contributed by atoms with Crippen LogP contribution in [0, 0.1) is 0 Å². The summed E-state index contributed by atoms with van der Waals surface area (Å²) in [5.74, 6) is -1.80. The van der Waals surface area contributed by atoms with Crippen LogP contribution in [0.2, 0.25) is 0 Å². The highest BCUT2D eigenvalue weighted by molar-refractivity contribution is 7.98. The first-order valence-corrected chi connectivity index (χ1v) is 13.5. The van der Waals surface area contributed by atoms with Crippen LogP contribution in [0.1, 0.15) is 46.6 Å². The molecule has 0 aliphatic carbocycles. The van der Waals surface area contributed by atoms with Gasteiger partial charge in [-0.3, -0.25) is 19.2 Å². The van der Waals surface area contributed by atoms with E-state index in [0.717, 1.165) is 27.7 Å². The number of aromatic amines is 1. The molecule has 3 amide bonds. The van der Waals surface area contributed by atoms with Crippen molar-refractivity contribution in [1.29, 1.82) is 0 Å². The average Bonchev–Trinajstić information content (AvgIpc) is 3.41. The quantitative estimate of drug-likeness (QED) is 0.361. The second-order valence-corrected chi connectivity index (χ2v) is 10.4. The molecule has 3 aromatic rings. The van der Waals surface area contributed by atoms with Crippen molar-refractivity contribution in [2.45, 2.75) is 43.9 Å². The van der Waals surface area contributed by atoms with Gasteiger partial charge in [0.15, 0.2) is 0 Å².